The molecule has 1 aromatic heterocycles. The first kappa shape index (κ1) is 15.1. The molecule has 7 heteroatoms. The number of nitrogens with two attached hydrogens (primary N) is 2. The van der Waals surface area contributed by atoms with Crippen molar-refractivity contribution >= 4 is 35.0 Å². The van der Waals surface area contributed by atoms with Crippen molar-refractivity contribution in [1.29, 1.82) is 0 Å². The number of nitrogens with one attached hydrogen (secondary N) is 1. The van der Waals surface area contributed by atoms with Gasteiger partial charge in [0.1, 0.15) is 11.6 Å². The zero-order chi connectivity index (χ0) is 15.4. The molecular weight excluding hydrogens is 286 g/mol. The van der Waals surface area contributed by atoms with Gasteiger partial charge in [-0.3, -0.25) is 4.79 Å². The van der Waals surface area contributed by atoms with Crippen LogP contribution in [0.2, 0.25) is 0 Å². The van der Waals surface area contributed by atoms with Crippen LogP contribution >= 0.6 is 11.8 Å². The normalized spacial score (nSPS) is 11.9. The number of nitrogens with zero attached hydrogens (tertiary/aromatic N) is 2. The molecule has 5 N–H and O–H groups in total. The van der Waals surface area contributed by atoms with Gasteiger partial charge in [-0.25, -0.2) is 9.97 Å². The van der Waals surface area contributed by atoms with Gasteiger partial charge in [0.2, 0.25) is 5.91 Å². The molecule has 1 heterocycles. The summed E-state index contributed by atoms with van der Waals surface area (Å²) >= 11 is 1.21. The first-order valence-electron chi connectivity index (χ1n) is 6.38. The van der Waals surface area contributed by atoms with Gasteiger partial charge in [-0.1, -0.05) is 23.9 Å². The zero-order valence-electron chi connectivity index (χ0n) is 11.8. The molecule has 0 aliphatic carbocycles. The van der Waals surface area contributed by atoms with Gasteiger partial charge in [-0.15, -0.1) is 0 Å². The molecule has 110 valence electrons. The average molecular weight is 303 g/mol. The largest absolute Gasteiger partial charge is 0.383 e. The highest BCUT2D eigenvalue weighted by Crippen LogP contribution is 2.22. The maximum atomic E-state index is 12.1. The van der Waals surface area contributed by atoms with Crippen molar-refractivity contribution in [2.75, 3.05) is 16.8 Å². The van der Waals surface area contributed by atoms with Gasteiger partial charge >= 0.3 is 0 Å². The smallest absolute Gasteiger partial charge is 0.237 e. The number of aromatic nitrogens is 2. The first-order chi connectivity index (χ1) is 9.94. The number of benzene rings is 1. The van der Waals surface area contributed by atoms with E-state index < -0.39 is 0 Å². The lowest BCUT2D eigenvalue weighted by molar-refractivity contribution is -0.115. The SMILES string of the molecule is Cc1cccc(NC(=O)[C@@H](C)Sc2nc(N)cc(N)n2)c1. The number of aryl methyl sites for hydroxylation is 1. The minimum atomic E-state index is -0.369. The molecule has 2 aromatic rings. The van der Waals surface area contributed by atoms with E-state index in [0.717, 1.165) is 11.3 Å². The van der Waals surface area contributed by atoms with E-state index in [1.54, 1.807) is 6.92 Å². The molecule has 0 aliphatic heterocycles. The quantitative estimate of drug-likeness (QED) is 0.589. The zero-order valence-corrected chi connectivity index (χ0v) is 12.6. The molecule has 0 aliphatic rings. The topological polar surface area (TPSA) is 107 Å². The van der Waals surface area contributed by atoms with Crippen LogP contribution in [0.15, 0.2) is 35.5 Å². The number of hydrogen-bond donors (Lipinski definition) is 3. The summed E-state index contributed by atoms with van der Waals surface area (Å²) in [6, 6.07) is 9.09. The number of anilines is 3. The minimum Gasteiger partial charge on any atom is -0.383 e. The Kier molecular flexibility index (Phi) is 4.64. The molecule has 21 heavy (non-hydrogen) atoms. The van der Waals surface area contributed by atoms with Crippen LogP contribution in [0.4, 0.5) is 17.3 Å². The fourth-order valence-electron chi connectivity index (χ4n) is 1.69. The van der Waals surface area contributed by atoms with Crippen molar-refractivity contribution in [2.45, 2.75) is 24.3 Å². The molecular formula is C14H17N5OS. The molecule has 0 radical (unpaired) electrons. The molecule has 1 amide bonds. The van der Waals surface area contributed by atoms with E-state index in [1.807, 2.05) is 31.2 Å². The van der Waals surface area contributed by atoms with Gasteiger partial charge in [0, 0.05) is 11.8 Å². The van der Waals surface area contributed by atoms with E-state index in [0.29, 0.717) is 5.16 Å². The number of amides is 1. The molecule has 0 saturated heterocycles. The maximum Gasteiger partial charge on any atom is 0.237 e. The van der Waals surface area contributed by atoms with Crippen LogP contribution in [0.1, 0.15) is 12.5 Å². The minimum absolute atomic E-state index is 0.129. The fourth-order valence-corrected chi connectivity index (χ4v) is 2.49. The van der Waals surface area contributed by atoms with Crippen molar-refractivity contribution in [1.82, 2.24) is 9.97 Å². The van der Waals surface area contributed by atoms with Gasteiger partial charge in [0.15, 0.2) is 5.16 Å². The standard InChI is InChI=1S/C14H17N5OS/c1-8-4-3-5-10(6-8)17-13(20)9(2)21-14-18-11(15)7-12(16)19-14/h3-7,9H,1-2H3,(H,17,20)(H4,15,16,18,19)/t9-/m1/s1. The second-order valence-corrected chi connectivity index (χ2v) is 5.93. The Labute approximate surface area is 127 Å². The Morgan fingerprint density at radius 3 is 2.52 bits per heavy atom. The van der Waals surface area contributed by atoms with Gasteiger partial charge in [0.25, 0.3) is 0 Å². The number of carbonyl (C=O) groups excluding carboxylic acids is 1. The average Bonchev–Trinajstić information content (AvgIpc) is 2.37. The van der Waals surface area contributed by atoms with Crippen LogP contribution in [0.5, 0.6) is 0 Å². The summed E-state index contributed by atoms with van der Waals surface area (Å²) in [7, 11) is 0. The Morgan fingerprint density at radius 1 is 1.24 bits per heavy atom. The van der Waals surface area contributed by atoms with E-state index >= 15 is 0 Å². The van der Waals surface area contributed by atoms with Gasteiger partial charge < -0.3 is 16.8 Å². The van der Waals surface area contributed by atoms with Crippen LogP contribution in [-0.4, -0.2) is 21.1 Å². The lowest BCUT2D eigenvalue weighted by Gasteiger charge is -2.12. The van der Waals surface area contributed by atoms with Gasteiger partial charge in [-0.05, 0) is 31.5 Å². The second kappa shape index (κ2) is 6.45. The summed E-state index contributed by atoms with van der Waals surface area (Å²) in [5.41, 5.74) is 13.1. The summed E-state index contributed by atoms with van der Waals surface area (Å²) in [5.74, 6) is 0.447. The molecule has 6 nitrogen and oxygen atoms in total. The summed E-state index contributed by atoms with van der Waals surface area (Å²) in [5, 5.41) is 2.87. The van der Waals surface area contributed by atoms with Crippen molar-refractivity contribution in [3.8, 4) is 0 Å². The Bertz CT molecular complexity index is 641. The highest BCUT2D eigenvalue weighted by molar-refractivity contribution is 8.00. The maximum absolute atomic E-state index is 12.1. The summed E-state index contributed by atoms with van der Waals surface area (Å²) in [6.07, 6.45) is 0. The van der Waals surface area contributed by atoms with Gasteiger partial charge in [0.05, 0.1) is 5.25 Å². The Hall–Kier alpha value is -2.28. The predicted octanol–water partition coefficient (Wildman–Crippen LogP) is 2.07. The molecule has 1 aromatic carbocycles. The summed E-state index contributed by atoms with van der Waals surface area (Å²) in [4.78, 5) is 20.2. The first-order valence-corrected chi connectivity index (χ1v) is 7.26. The molecule has 0 fully saturated rings. The third-order valence-electron chi connectivity index (χ3n) is 2.68. The Balaban J connectivity index is 2.02. The van der Waals surface area contributed by atoms with E-state index in [4.69, 9.17) is 11.5 Å². The fraction of sp³-hybridized carbons (Fsp3) is 0.214. The lowest BCUT2D eigenvalue weighted by atomic mass is 10.2. The highest BCUT2D eigenvalue weighted by atomic mass is 32.2. The van der Waals surface area contributed by atoms with Crippen molar-refractivity contribution in [2.24, 2.45) is 0 Å². The van der Waals surface area contributed by atoms with Crippen LogP contribution in [-0.2, 0) is 4.79 Å². The molecule has 0 bridgehead atoms. The number of rotatable bonds is 4. The third kappa shape index (κ3) is 4.35. The number of thioether (sulfide) groups is 1. The van der Waals surface area contributed by atoms with Crippen molar-refractivity contribution < 1.29 is 4.79 Å². The van der Waals surface area contributed by atoms with E-state index in [1.165, 1.54) is 17.8 Å². The number of carbonyl (C=O) groups is 1. The van der Waals surface area contributed by atoms with Gasteiger partial charge in [-0.2, -0.15) is 0 Å². The Morgan fingerprint density at radius 2 is 1.90 bits per heavy atom. The molecule has 0 unspecified atom stereocenters. The lowest BCUT2D eigenvalue weighted by Crippen LogP contribution is -2.22. The second-order valence-electron chi connectivity index (χ2n) is 4.62. The molecule has 2 rings (SSSR count). The van der Waals surface area contributed by atoms with Crippen molar-refractivity contribution in [3.05, 3.63) is 35.9 Å². The molecule has 1 atom stereocenters. The van der Waals surface area contributed by atoms with Crippen LogP contribution in [0.3, 0.4) is 0 Å². The number of nitrogen functional groups attached to an aromatic ring is 2. The molecule has 0 spiro atoms. The predicted molar refractivity (Wildman–Crippen MR) is 86.0 cm³/mol. The summed E-state index contributed by atoms with van der Waals surface area (Å²) < 4.78 is 0. The van der Waals surface area contributed by atoms with Crippen LogP contribution in [0, 0.1) is 6.92 Å². The molecule has 0 saturated carbocycles. The van der Waals surface area contributed by atoms with Crippen LogP contribution in [0.25, 0.3) is 0 Å². The highest BCUT2D eigenvalue weighted by Gasteiger charge is 2.16. The van der Waals surface area contributed by atoms with Crippen LogP contribution < -0.4 is 16.8 Å². The number of hydrogen-bond acceptors (Lipinski definition) is 6. The monoisotopic (exact) mass is 303 g/mol. The van der Waals surface area contributed by atoms with E-state index in [9.17, 15) is 4.79 Å². The van der Waals surface area contributed by atoms with E-state index in [-0.39, 0.29) is 22.8 Å². The summed E-state index contributed by atoms with van der Waals surface area (Å²) in [6.45, 7) is 3.75. The van der Waals surface area contributed by atoms with Crippen molar-refractivity contribution in [3.63, 3.8) is 0 Å². The third-order valence-corrected chi connectivity index (χ3v) is 3.64. The van der Waals surface area contributed by atoms with E-state index in [2.05, 4.69) is 15.3 Å².